The van der Waals surface area contributed by atoms with Gasteiger partial charge in [0.15, 0.2) is 0 Å². The Hall–Kier alpha value is -1.24. The molecule has 1 fully saturated rings. The highest BCUT2D eigenvalue weighted by Gasteiger charge is 2.31. The van der Waals surface area contributed by atoms with E-state index < -0.39 is 5.60 Å². The summed E-state index contributed by atoms with van der Waals surface area (Å²) in [7, 11) is 0. The van der Waals surface area contributed by atoms with Gasteiger partial charge in [0, 0.05) is 6.54 Å². The van der Waals surface area contributed by atoms with Crippen molar-refractivity contribution in [2.24, 2.45) is 0 Å². The number of carbonyl (C=O) groups excluding carboxylic acids is 1. The fraction of sp³-hybridized carbons (Fsp3) is 0.467. The third-order valence-electron chi connectivity index (χ3n) is 3.85. The number of hydrogen-bond acceptors (Lipinski definition) is 5. The predicted octanol–water partition coefficient (Wildman–Crippen LogP) is 3.21. The first-order chi connectivity index (χ1) is 10.1. The minimum atomic E-state index is -0.717. The summed E-state index contributed by atoms with van der Waals surface area (Å²) >= 11 is 3.03. The standard InChI is InChI=1S/C15H18N2O2S2/c1-10-12(21-14(17-10)11-5-4-8-20-11)13(18)16-9-15(19)6-2-3-7-15/h4-5,8,19H,2-3,6-7,9H2,1H3,(H,16,18). The van der Waals surface area contributed by atoms with E-state index in [9.17, 15) is 9.90 Å². The van der Waals surface area contributed by atoms with E-state index in [1.165, 1.54) is 11.3 Å². The van der Waals surface area contributed by atoms with E-state index >= 15 is 0 Å². The zero-order valence-corrected chi connectivity index (χ0v) is 13.5. The molecule has 0 saturated heterocycles. The van der Waals surface area contributed by atoms with Crippen molar-refractivity contribution >= 4 is 28.6 Å². The summed E-state index contributed by atoms with van der Waals surface area (Å²) in [5, 5.41) is 16.0. The van der Waals surface area contributed by atoms with Crippen LogP contribution in [0.5, 0.6) is 0 Å². The first kappa shape index (κ1) is 14.7. The lowest BCUT2D eigenvalue weighted by Crippen LogP contribution is -2.40. The van der Waals surface area contributed by atoms with Gasteiger partial charge in [0.2, 0.25) is 0 Å². The van der Waals surface area contributed by atoms with Crippen molar-refractivity contribution in [2.75, 3.05) is 6.54 Å². The van der Waals surface area contributed by atoms with Crippen molar-refractivity contribution in [3.05, 3.63) is 28.1 Å². The van der Waals surface area contributed by atoms with E-state index in [0.29, 0.717) is 11.4 Å². The molecule has 0 bridgehead atoms. The Labute approximate surface area is 131 Å². The molecule has 2 heterocycles. The summed E-state index contributed by atoms with van der Waals surface area (Å²) in [6.07, 6.45) is 3.62. The molecule has 4 nitrogen and oxygen atoms in total. The van der Waals surface area contributed by atoms with E-state index in [4.69, 9.17) is 0 Å². The lowest BCUT2D eigenvalue weighted by Gasteiger charge is -2.22. The number of rotatable bonds is 4. The summed E-state index contributed by atoms with van der Waals surface area (Å²) in [6, 6.07) is 3.98. The highest BCUT2D eigenvalue weighted by Crippen LogP contribution is 2.32. The normalized spacial score (nSPS) is 17.0. The van der Waals surface area contributed by atoms with Crippen LogP contribution in [-0.4, -0.2) is 28.1 Å². The Balaban J connectivity index is 1.70. The number of nitrogens with zero attached hydrogens (tertiary/aromatic N) is 1. The monoisotopic (exact) mass is 322 g/mol. The highest BCUT2D eigenvalue weighted by molar-refractivity contribution is 7.22. The van der Waals surface area contributed by atoms with Crippen molar-refractivity contribution in [3.63, 3.8) is 0 Å². The zero-order chi connectivity index (χ0) is 14.9. The molecule has 1 amide bonds. The largest absolute Gasteiger partial charge is 0.388 e. The average molecular weight is 322 g/mol. The van der Waals surface area contributed by atoms with Gasteiger partial charge in [-0.25, -0.2) is 4.98 Å². The highest BCUT2D eigenvalue weighted by atomic mass is 32.1. The summed E-state index contributed by atoms with van der Waals surface area (Å²) < 4.78 is 0. The Bertz CT molecular complexity index is 628. The number of thiazole rings is 1. The van der Waals surface area contributed by atoms with Gasteiger partial charge in [0.1, 0.15) is 9.88 Å². The molecule has 2 N–H and O–H groups in total. The van der Waals surface area contributed by atoms with Gasteiger partial charge in [-0.1, -0.05) is 18.9 Å². The Morgan fingerprint density at radius 1 is 1.48 bits per heavy atom. The molecular weight excluding hydrogens is 304 g/mol. The van der Waals surface area contributed by atoms with Crippen LogP contribution >= 0.6 is 22.7 Å². The first-order valence-electron chi connectivity index (χ1n) is 7.09. The summed E-state index contributed by atoms with van der Waals surface area (Å²) in [4.78, 5) is 18.5. The topological polar surface area (TPSA) is 62.2 Å². The van der Waals surface area contributed by atoms with Crippen LogP contribution in [0.2, 0.25) is 0 Å². The van der Waals surface area contributed by atoms with Gasteiger partial charge in [-0.3, -0.25) is 4.79 Å². The minimum absolute atomic E-state index is 0.131. The summed E-state index contributed by atoms with van der Waals surface area (Å²) in [6.45, 7) is 2.18. The summed E-state index contributed by atoms with van der Waals surface area (Å²) in [5.41, 5.74) is 0.0319. The van der Waals surface area contributed by atoms with Crippen LogP contribution in [0.15, 0.2) is 17.5 Å². The second-order valence-electron chi connectivity index (χ2n) is 5.52. The first-order valence-corrected chi connectivity index (χ1v) is 8.79. The minimum Gasteiger partial charge on any atom is -0.388 e. The molecule has 1 aliphatic rings. The predicted molar refractivity (Wildman–Crippen MR) is 85.9 cm³/mol. The van der Waals surface area contributed by atoms with Gasteiger partial charge < -0.3 is 10.4 Å². The van der Waals surface area contributed by atoms with Crippen molar-refractivity contribution < 1.29 is 9.90 Å². The molecule has 6 heteroatoms. The molecule has 21 heavy (non-hydrogen) atoms. The molecule has 0 unspecified atom stereocenters. The number of amides is 1. The van der Waals surface area contributed by atoms with E-state index in [-0.39, 0.29) is 5.91 Å². The molecule has 0 aromatic carbocycles. The Morgan fingerprint density at radius 2 is 2.24 bits per heavy atom. The number of hydrogen-bond donors (Lipinski definition) is 2. The van der Waals surface area contributed by atoms with Crippen LogP contribution < -0.4 is 5.32 Å². The molecule has 2 aromatic rings. The quantitative estimate of drug-likeness (QED) is 0.908. The second-order valence-corrected chi connectivity index (χ2v) is 7.47. The van der Waals surface area contributed by atoms with Crippen molar-refractivity contribution in [2.45, 2.75) is 38.2 Å². The summed E-state index contributed by atoms with van der Waals surface area (Å²) in [5.74, 6) is -0.131. The molecular formula is C15H18N2O2S2. The number of aliphatic hydroxyl groups is 1. The van der Waals surface area contributed by atoms with Gasteiger partial charge in [-0.05, 0) is 31.2 Å². The maximum atomic E-state index is 12.3. The van der Waals surface area contributed by atoms with E-state index in [1.54, 1.807) is 11.3 Å². The maximum Gasteiger partial charge on any atom is 0.263 e. The molecule has 0 atom stereocenters. The molecule has 0 aliphatic heterocycles. The van der Waals surface area contributed by atoms with E-state index in [1.807, 2.05) is 24.4 Å². The van der Waals surface area contributed by atoms with Crippen LogP contribution in [0.25, 0.3) is 9.88 Å². The second kappa shape index (κ2) is 5.87. The lowest BCUT2D eigenvalue weighted by atomic mass is 10.0. The number of aryl methyl sites for hydroxylation is 1. The smallest absolute Gasteiger partial charge is 0.263 e. The Kier molecular flexibility index (Phi) is 4.10. The van der Waals surface area contributed by atoms with Crippen molar-refractivity contribution in [1.29, 1.82) is 0 Å². The fourth-order valence-corrected chi connectivity index (χ4v) is 4.43. The molecule has 2 aromatic heterocycles. The van der Waals surface area contributed by atoms with Crippen LogP contribution in [-0.2, 0) is 0 Å². The van der Waals surface area contributed by atoms with Crippen LogP contribution in [0.3, 0.4) is 0 Å². The number of aromatic nitrogens is 1. The van der Waals surface area contributed by atoms with Gasteiger partial charge >= 0.3 is 0 Å². The lowest BCUT2D eigenvalue weighted by molar-refractivity contribution is 0.0450. The molecule has 0 radical (unpaired) electrons. The van der Waals surface area contributed by atoms with Gasteiger partial charge in [-0.15, -0.1) is 22.7 Å². The fourth-order valence-electron chi connectivity index (χ4n) is 2.65. The van der Waals surface area contributed by atoms with Crippen molar-refractivity contribution in [3.8, 4) is 9.88 Å². The third kappa shape index (κ3) is 3.17. The SMILES string of the molecule is Cc1nc(-c2cccs2)sc1C(=O)NCC1(O)CCCC1. The van der Waals surface area contributed by atoms with Gasteiger partial charge in [-0.2, -0.15) is 0 Å². The van der Waals surface area contributed by atoms with Gasteiger partial charge in [0.25, 0.3) is 5.91 Å². The number of nitrogens with one attached hydrogen (secondary N) is 1. The molecule has 112 valence electrons. The third-order valence-corrected chi connectivity index (χ3v) is 6.04. The molecule has 1 saturated carbocycles. The van der Waals surface area contributed by atoms with E-state index in [0.717, 1.165) is 41.3 Å². The number of thiophene rings is 1. The number of carbonyl (C=O) groups is 1. The van der Waals surface area contributed by atoms with Crippen LogP contribution in [0, 0.1) is 6.92 Å². The average Bonchev–Trinajstić information content (AvgIpc) is 3.16. The molecule has 1 aliphatic carbocycles. The van der Waals surface area contributed by atoms with Crippen molar-refractivity contribution in [1.82, 2.24) is 10.3 Å². The maximum absolute atomic E-state index is 12.3. The molecule has 0 spiro atoms. The van der Waals surface area contributed by atoms with E-state index in [2.05, 4.69) is 10.3 Å². The molecule has 3 rings (SSSR count). The Morgan fingerprint density at radius 3 is 2.90 bits per heavy atom. The van der Waals surface area contributed by atoms with Crippen LogP contribution in [0.1, 0.15) is 41.0 Å². The van der Waals surface area contributed by atoms with Gasteiger partial charge in [0.05, 0.1) is 16.2 Å². The zero-order valence-electron chi connectivity index (χ0n) is 11.9. The van der Waals surface area contributed by atoms with Crippen LogP contribution in [0.4, 0.5) is 0 Å².